The Bertz CT molecular complexity index is 469. The van der Waals surface area contributed by atoms with E-state index in [0.717, 1.165) is 18.5 Å². The Labute approximate surface area is 121 Å². The van der Waals surface area contributed by atoms with E-state index in [-0.39, 0.29) is 18.0 Å². The SMILES string of the molecule is COC(=O)CCCc1csc(NC(=O)[C@H]2CCCO2)n1. The van der Waals surface area contributed by atoms with Crippen molar-refractivity contribution in [1.29, 1.82) is 0 Å². The minimum Gasteiger partial charge on any atom is -0.469 e. The highest BCUT2D eigenvalue weighted by Crippen LogP contribution is 2.19. The van der Waals surface area contributed by atoms with Gasteiger partial charge in [0.05, 0.1) is 12.8 Å². The first-order chi connectivity index (χ1) is 9.69. The summed E-state index contributed by atoms with van der Waals surface area (Å²) >= 11 is 1.39. The average molecular weight is 298 g/mol. The number of esters is 1. The number of thiazole rings is 1. The van der Waals surface area contributed by atoms with Crippen molar-refractivity contribution in [2.45, 2.75) is 38.2 Å². The van der Waals surface area contributed by atoms with Crippen molar-refractivity contribution in [2.24, 2.45) is 0 Å². The number of anilines is 1. The molecule has 110 valence electrons. The predicted octanol–water partition coefficient (Wildman–Crippen LogP) is 1.76. The molecule has 2 heterocycles. The highest BCUT2D eigenvalue weighted by Gasteiger charge is 2.24. The van der Waals surface area contributed by atoms with Crippen LogP contribution < -0.4 is 5.32 Å². The van der Waals surface area contributed by atoms with Crippen LogP contribution >= 0.6 is 11.3 Å². The molecule has 1 aromatic rings. The van der Waals surface area contributed by atoms with Gasteiger partial charge in [-0.1, -0.05) is 0 Å². The molecule has 0 aliphatic carbocycles. The van der Waals surface area contributed by atoms with E-state index in [1.165, 1.54) is 18.4 Å². The summed E-state index contributed by atoms with van der Waals surface area (Å²) in [5.74, 6) is -0.343. The average Bonchev–Trinajstić information content (AvgIpc) is 3.10. The number of nitrogens with zero attached hydrogens (tertiary/aromatic N) is 1. The molecule has 1 aliphatic rings. The van der Waals surface area contributed by atoms with Crippen LogP contribution in [0, 0.1) is 0 Å². The molecule has 0 radical (unpaired) electrons. The Morgan fingerprint density at radius 3 is 3.15 bits per heavy atom. The topological polar surface area (TPSA) is 77.5 Å². The van der Waals surface area contributed by atoms with Crippen LogP contribution in [0.3, 0.4) is 0 Å². The fourth-order valence-electron chi connectivity index (χ4n) is 1.97. The van der Waals surface area contributed by atoms with E-state index in [1.807, 2.05) is 5.38 Å². The zero-order valence-corrected chi connectivity index (χ0v) is 12.2. The maximum Gasteiger partial charge on any atom is 0.305 e. The second-order valence-corrected chi connectivity index (χ2v) is 5.42. The molecule has 1 atom stereocenters. The van der Waals surface area contributed by atoms with Gasteiger partial charge in [-0.15, -0.1) is 11.3 Å². The van der Waals surface area contributed by atoms with Crippen molar-refractivity contribution in [1.82, 2.24) is 4.98 Å². The van der Waals surface area contributed by atoms with Gasteiger partial charge < -0.3 is 9.47 Å². The first-order valence-corrected chi connectivity index (χ1v) is 7.50. The van der Waals surface area contributed by atoms with Crippen LogP contribution in [0.2, 0.25) is 0 Å². The van der Waals surface area contributed by atoms with E-state index in [4.69, 9.17) is 4.74 Å². The summed E-state index contributed by atoms with van der Waals surface area (Å²) in [5, 5.41) is 5.24. The molecular formula is C13H18N2O4S. The second-order valence-electron chi connectivity index (χ2n) is 4.56. The Morgan fingerprint density at radius 2 is 2.45 bits per heavy atom. The molecule has 1 N–H and O–H groups in total. The van der Waals surface area contributed by atoms with Crippen molar-refractivity contribution in [3.8, 4) is 0 Å². The van der Waals surface area contributed by atoms with Gasteiger partial charge in [0.15, 0.2) is 5.13 Å². The number of hydrogen-bond acceptors (Lipinski definition) is 6. The van der Waals surface area contributed by atoms with Crippen LogP contribution in [0.1, 0.15) is 31.4 Å². The van der Waals surface area contributed by atoms with Gasteiger partial charge in [0, 0.05) is 18.4 Å². The van der Waals surface area contributed by atoms with Crippen molar-refractivity contribution >= 4 is 28.3 Å². The van der Waals surface area contributed by atoms with Crippen molar-refractivity contribution in [3.63, 3.8) is 0 Å². The summed E-state index contributed by atoms with van der Waals surface area (Å²) in [5.41, 5.74) is 0.876. The normalized spacial score (nSPS) is 17.9. The molecule has 0 spiro atoms. The van der Waals surface area contributed by atoms with Gasteiger partial charge in [0.1, 0.15) is 6.10 Å². The van der Waals surface area contributed by atoms with E-state index < -0.39 is 0 Å². The Kier molecular flexibility index (Phi) is 5.49. The number of aryl methyl sites for hydroxylation is 1. The van der Waals surface area contributed by atoms with Crippen LogP contribution in [-0.4, -0.2) is 36.7 Å². The minimum atomic E-state index is -0.346. The molecule has 0 bridgehead atoms. The van der Waals surface area contributed by atoms with E-state index in [2.05, 4.69) is 15.0 Å². The molecule has 0 unspecified atom stereocenters. The van der Waals surface area contributed by atoms with Gasteiger partial charge in [-0.3, -0.25) is 14.9 Å². The van der Waals surface area contributed by atoms with Crippen LogP contribution in [0.4, 0.5) is 5.13 Å². The predicted molar refractivity (Wildman–Crippen MR) is 74.7 cm³/mol. The number of ether oxygens (including phenoxy) is 2. The lowest BCUT2D eigenvalue weighted by Crippen LogP contribution is -2.26. The molecule has 6 nitrogen and oxygen atoms in total. The molecule has 0 aromatic carbocycles. The fourth-order valence-corrected chi connectivity index (χ4v) is 2.71. The summed E-state index contributed by atoms with van der Waals surface area (Å²) in [6.07, 6.45) is 3.11. The lowest BCUT2D eigenvalue weighted by atomic mass is 10.2. The molecule has 1 saturated heterocycles. The number of nitrogens with one attached hydrogen (secondary N) is 1. The molecular weight excluding hydrogens is 280 g/mol. The molecule has 1 aromatic heterocycles. The van der Waals surface area contributed by atoms with E-state index in [1.54, 1.807) is 0 Å². The molecule has 1 fully saturated rings. The second kappa shape index (κ2) is 7.35. The number of amides is 1. The molecule has 20 heavy (non-hydrogen) atoms. The van der Waals surface area contributed by atoms with E-state index in [9.17, 15) is 9.59 Å². The Hall–Kier alpha value is -1.47. The Morgan fingerprint density at radius 1 is 1.60 bits per heavy atom. The Balaban J connectivity index is 1.76. The zero-order chi connectivity index (χ0) is 14.4. The molecule has 1 aliphatic heterocycles. The number of hydrogen-bond donors (Lipinski definition) is 1. The summed E-state index contributed by atoms with van der Waals surface area (Å²) in [6, 6.07) is 0. The number of methoxy groups -OCH3 is 1. The van der Waals surface area contributed by atoms with Gasteiger partial charge in [-0.25, -0.2) is 4.98 Å². The third-order valence-corrected chi connectivity index (χ3v) is 3.85. The van der Waals surface area contributed by atoms with Crippen LogP contribution in [-0.2, 0) is 25.5 Å². The summed E-state index contributed by atoms with van der Waals surface area (Å²) in [7, 11) is 1.38. The first kappa shape index (κ1) is 14.9. The fraction of sp³-hybridized carbons (Fsp3) is 0.615. The number of carbonyl (C=O) groups is 2. The van der Waals surface area contributed by atoms with Crippen LogP contribution in [0.5, 0.6) is 0 Å². The maximum atomic E-state index is 11.8. The summed E-state index contributed by atoms with van der Waals surface area (Å²) in [6.45, 7) is 0.648. The van der Waals surface area contributed by atoms with Gasteiger partial charge in [0.25, 0.3) is 5.91 Å². The summed E-state index contributed by atoms with van der Waals surface area (Å²) in [4.78, 5) is 27.1. The smallest absolute Gasteiger partial charge is 0.305 e. The minimum absolute atomic E-state index is 0.127. The molecule has 0 saturated carbocycles. The van der Waals surface area contributed by atoms with E-state index in [0.29, 0.717) is 31.0 Å². The molecule has 7 heteroatoms. The van der Waals surface area contributed by atoms with Crippen LogP contribution in [0.25, 0.3) is 0 Å². The first-order valence-electron chi connectivity index (χ1n) is 6.62. The quantitative estimate of drug-likeness (QED) is 0.810. The van der Waals surface area contributed by atoms with E-state index >= 15 is 0 Å². The third kappa shape index (κ3) is 4.28. The standard InChI is InChI=1S/C13H18N2O4S/c1-18-11(16)6-2-4-9-8-20-13(14-9)15-12(17)10-5-3-7-19-10/h8,10H,2-7H2,1H3,(H,14,15,17)/t10-/m1/s1. The monoisotopic (exact) mass is 298 g/mol. The van der Waals surface area contributed by atoms with Gasteiger partial charge in [0.2, 0.25) is 0 Å². The third-order valence-electron chi connectivity index (χ3n) is 3.05. The maximum absolute atomic E-state index is 11.8. The van der Waals surface area contributed by atoms with Crippen molar-refractivity contribution in [3.05, 3.63) is 11.1 Å². The lowest BCUT2D eigenvalue weighted by Gasteiger charge is -2.07. The number of aromatic nitrogens is 1. The largest absolute Gasteiger partial charge is 0.469 e. The summed E-state index contributed by atoms with van der Waals surface area (Å²) < 4.78 is 9.89. The van der Waals surface area contributed by atoms with Crippen molar-refractivity contribution < 1.29 is 19.1 Å². The zero-order valence-electron chi connectivity index (χ0n) is 11.4. The highest BCUT2D eigenvalue weighted by molar-refractivity contribution is 7.13. The molecule has 2 rings (SSSR count). The number of rotatable bonds is 6. The highest BCUT2D eigenvalue weighted by atomic mass is 32.1. The van der Waals surface area contributed by atoms with Gasteiger partial charge in [-0.2, -0.15) is 0 Å². The molecule has 1 amide bonds. The van der Waals surface area contributed by atoms with Gasteiger partial charge in [-0.05, 0) is 25.7 Å². The van der Waals surface area contributed by atoms with Crippen LogP contribution in [0.15, 0.2) is 5.38 Å². The lowest BCUT2D eigenvalue weighted by molar-refractivity contribution is -0.140. The van der Waals surface area contributed by atoms with Gasteiger partial charge >= 0.3 is 5.97 Å². The number of carbonyl (C=O) groups excluding carboxylic acids is 2. The van der Waals surface area contributed by atoms with Crippen molar-refractivity contribution in [2.75, 3.05) is 19.0 Å².